The highest BCUT2D eigenvalue weighted by atomic mass is 16.2. The molecule has 0 aromatic heterocycles. The quantitative estimate of drug-likeness (QED) is 0.900. The van der Waals surface area contributed by atoms with Crippen LogP contribution in [0.3, 0.4) is 0 Å². The third kappa shape index (κ3) is 3.62. The molecular formula is C17H22N4O2. The Kier molecular flexibility index (Phi) is 5.22. The first-order valence-corrected chi connectivity index (χ1v) is 7.73. The molecule has 23 heavy (non-hydrogen) atoms. The maximum atomic E-state index is 12.7. The van der Waals surface area contributed by atoms with Gasteiger partial charge in [0, 0.05) is 13.6 Å². The molecule has 0 spiro atoms. The number of hydrogen-bond donors (Lipinski definition) is 1. The molecular weight excluding hydrogens is 292 g/mol. The summed E-state index contributed by atoms with van der Waals surface area (Å²) in [4.78, 5) is 28.1. The van der Waals surface area contributed by atoms with E-state index in [0.717, 1.165) is 11.4 Å². The second kappa shape index (κ2) is 7.14. The molecule has 1 aromatic carbocycles. The fourth-order valence-corrected chi connectivity index (χ4v) is 2.56. The number of carbonyl (C=O) groups excluding carboxylic acids is 2. The molecule has 0 saturated heterocycles. The van der Waals surface area contributed by atoms with Gasteiger partial charge in [0.25, 0.3) is 0 Å². The fraction of sp³-hybridized carbons (Fsp3) is 0.471. The smallest absolute Gasteiger partial charge is 0.250 e. The Morgan fingerprint density at radius 3 is 2.78 bits per heavy atom. The number of anilines is 2. The molecule has 6 nitrogen and oxygen atoms in total. The maximum absolute atomic E-state index is 12.7. The number of nitrogens with one attached hydrogen (secondary N) is 1. The molecule has 1 aromatic rings. The first-order valence-electron chi connectivity index (χ1n) is 7.73. The maximum Gasteiger partial charge on any atom is 0.250 e. The van der Waals surface area contributed by atoms with Gasteiger partial charge in [-0.25, -0.2) is 0 Å². The van der Waals surface area contributed by atoms with Crippen molar-refractivity contribution in [3.8, 4) is 6.07 Å². The monoisotopic (exact) mass is 314 g/mol. The SMILES string of the molecule is CC(C)C1Nc2ccccc2N(CC(=O)N(C)CCC#N)C1=O. The molecule has 0 aliphatic carbocycles. The van der Waals surface area contributed by atoms with Gasteiger partial charge in [-0.05, 0) is 18.1 Å². The highest BCUT2D eigenvalue weighted by Crippen LogP contribution is 2.32. The number of carbonyl (C=O) groups is 2. The van der Waals surface area contributed by atoms with Crippen LogP contribution in [0.5, 0.6) is 0 Å². The van der Waals surface area contributed by atoms with Crippen LogP contribution < -0.4 is 10.2 Å². The minimum Gasteiger partial charge on any atom is -0.372 e. The summed E-state index contributed by atoms with van der Waals surface area (Å²) in [7, 11) is 1.65. The van der Waals surface area contributed by atoms with Crippen molar-refractivity contribution in [2.75, 3.05) is 30.4 Å². The van der Waals surface area contributed by atoms with Crippen LogP contribution in [-0.2, 0) is 9.59 Å². The van der Waals surface area contributed by atoms with Crippen molar-refractivity contribution in [3.05, 3.63) is 24.3 Å². The number of fused-ring (bicyclic) bond motifs is 1. The van der Waals surface area contributed by atoms with Crippen molar-refractivity contribution in [2.24, 2.45) is 5.92 Å². The largest absolute Gasteiger partial charge is 0.372 e. The van der Waals surface area contributed by atoms with Crippen molar-refractivity contribution in [2.45, 2.75) is 26.3 Å². The first-order chi connectivity index (χ1) is 11.0. The molecule has 0 saturated carbocycles. The summed E-state index contributed by atoms with van der Waals surface area (Å²) >= 11 is 0. The second-order valence-electron chi connectivity index (χ2n) is 6.03. The standard InChI is InChI=1S/C17H22N4O2/c1-12(2)16-17(23)21(11-15(22)20(3)10-6-9-18)14-8-5-4-7-13(14)19-16/h4-5,7-8,12,16,19H,6,10-11H2,1-3H3. The van der Waals surface area contributed by atoms with Gasteiger partial charge in [-0.2, -0.15) is 5.26 Å². The van der Waals surface area contributed by atoms with Gasteiger partial charge < -0.3 is 10.2 Å². The Morgan fingerprint density at radius 2 is 2.13 bits per heavy atom. The molecule has 6 heteroatoms. The Labute approximate surface area is 136 Å². The van der Waals surface area contributed by atoms with Crippen LogP contribution in [0.25, 0.3) is 0 Å². The number of hydrogen-bond acceptors (Lipinski definition) is 4. The molecule has 1 atom stereocenters. The number of likely N-dealkylation sites (N-methyl/N-ethyl adjacent to an activating group) is 1. The van der Waals surface area contributed by atoms with E-state index in [1.54, 1.807) is 11.9 Å². The van der Waals surface area contributed by atoms with Gasteiger partial charge in [-0.15, -0.1) is 0 Å². The van der Waals surface area contributed by atoms with Gasteiger partial charge in [0.05, 0.1) is 23.9 Å². The molecule has 1 aliphatic rings. The van der Waals surface area contributed by atoms with E-state index in [9.17, 15) is 9.59 Å². The molecule has 1 N–H and O–H groups in total. The van der Waals surface area contributed by atoms with Gasteiger partial charge in [0.2, 0.25) is 11.8 Å². The lowest BCUT2D eigenvalue weighted by molar-refractivity contribution is -0.130. The zero-order valence-corrected chi connectivity index (χ0v) is 13.7. The van der Waals surface area contributed by atoms with Crippen molar-refractivity contribution >= 4 is 23.2 Å². The van der Waals surface area contributed by atoms with E-state index in [1.807, 2.05) is 44.2 Å². The van der Waals surface area contributed by atoms with Crippen LogP contribution in [-0.4, -0.2) is 42.9 Å². The molecule has 0 radical (unpaired) electrons. The highest BCUT2D eigenvalue weighted by molar-refractivity contribution is 6.07. The lowest BCUT2D eigenvalue weighted by atomic mass is 9.99. The molecule has 1 aliphatic heterocycles. The summed E-state index contributed by atoms with van der Waals surface area (Å²) in [6.45, 7) is 4.30. The lowest BCUT2D eigenvalue weighted by Gasteiger charge is -2.37. The zero-order chi connectivity index (χ0) is 17.0. The predicted molar refractivity (Wildman–Crippen MR) is 88.9 cm³/mol. The van der Waals surface area contributed by atoms with Crippen molar-refractivity contribution in [3.63, 3.8) is 0 Å². The molecule has 0 bridgehead atoms. The minimum atomic E-state index is -0.345. The number of nitrogens with zero attached hydrogens (tertiary/aromatic N) is 3. The van der Waals surface area contributed by atoms with Gasteiger partial charge in [-0.3, -0.25) is 14.5 Å². The number of amides is 2. The van der Waals surface area contributed by atoms with Crippen molar-refractivity contribution in [1.82, 2.24) is 4.90 Å². The summed E-state index contributed by atoms with van der Waals surface area (Å²) in [5, 5.41) is 11.9. The van der Waals surface area contributed by atoms with Crippen LogP contribution in [0.1, 0.15) is 20.3 Å². The van der Waals surface area contributed by atoms with E-state index in [0.29, 0.717) is 6.54 Å². The summed E-state index contributed by atoms with van der Waals surface area (Å²) in [5.41, 5.74) is 1.58. The van der Waals surface area contributed by atoms with Crippen LogP contribution in [0.4, 0.5) is 11.4 Å². The summed E-state index contributed by atoms with van der Waals surface area (Å²) < 4.78 is 0. The number of benzene rings is 1. The normalized spacial score (nSPS) is 16.6. The Morgan fingerprint density at radius 1 is 1.43 bits per heavy atom. The summed E-state index contributed by atoms with van der Waals surface area (Å²) in [5.74, 6) is -0.154. The highest BCUT2D eigenvalue weighted by Gasteiger charge is 2.35. The minimum absolute atomic E-state index is 0.0112. The third-order valence-corrected chi connectivity index (χ3v) is 3.98. The molecule has 2 rings (SSSR count). The van der Waals surface area contributed by atoms with E-state index in [4.69, 9.17) is 5.26 Å². The van der Waals surface area contributed by atoms with Gasteiger partial charge >= 0.3 is 0 Å². The van der Waals surface area contributed by atoms with Crippen molar-refractivity contribution in [1.29, 1.82) is 5.26 Å². The van der Waals surface area contributed by atoms with Gasteiger partial charge in [-0.1, -0.05) is 26.0 Å². The van der Waals surface area contributed by atoms with Crippen molar-refractivity contribution < 1.29 is 9.59 Å². The predicted octanol–water partition coefficient (Wildman–Crippen LogP) is 1.84. The second-order valence-corrected chi connectivity index (χ2v) is 6.03. The Bertz CT molecular complexity index is 636. The Balaban J connectivity index is 2.23. The average Bonchev–Trinajstić information content (AvgIpc) is 2.54. The van der Waals surface area contributed by atoms with E-state index in [2.05, 4.69) is 5.32 Å². The van der Waals surface area contributed by atoms with Crippen LogP contribution in [0, 0.1) is 17.2 Å². The van der Waals surface area contributed by atoms with Gasteiger partial charge in [0.1, 0.15) is 12.6 Å². The average molecular weight is 314 g/mol. The van der Waals surface area contributed by atoms with Crippen LogP contribution in [0.15, 0.2) is 24.3 Å². The summed E-state index contributed by atoms with van der Waals surface area (Å²) in [6, 6.07) is 9.17. The van der Waals surface area contributed by atoms with E-state index in [1.165, 1.54) is 4.90 Å². The van der Waals surface area contributed by atoms with Crippen LogP contribution >= 0.6 is 0 Å². The van der Waals surface area contributed by atoms with Gasteiger partial charge in [0.15, 0.2) is 0 Å². The summed E-state index contributed by atoms with van der Waals surface area (Å²) in [6.07, 6.45) is 0.281. The molecule has 1 heterocycles. The van der Waals surface area contributed by atoms with Crippen LogP contribution in [0.2, 0.25) is 0 Å². The fourth-order valence-electron chi connectivity index (χ4n) is 2.56. The molecule has 2 amide bonds. The Hall–Kier alpha value is -2.55. The van der Waals surface area contributed by atoms with E-state index < -0.39 is 0 Å². The first kappa shape index (κ1) is 16.8. The third-order valence-electron chi connectivity index (χ3n) is 3.98. The number of nitriles is 1. The molecule has 1 unspecified atom stereocenters. The zero-order valence-electron chi connectivity index (χ0n) is 13.7. The number of para-hydroxylation sites is 2. The molecule has 0 fully saturated rings. The number of rotatable bonds is 5. The van der Waals surface area contributed by atoms with E-state index in [-0.39, 0.29) is 36.7 Å². The lowest BCUT2D eigenvalue weighted by Crippen LogP contribution is -2.52. The van der Waals surface area contributed by atoms with E-state index >= 15 is 0 Å². The molecule has 122 valence electrons. The topological polar surface area (TPSA) is 76.4 Å².